The van der Waals surface area contributed by atoms with Gasteiger partial charge in [0.2, 0.25) is 0 Å². The van der Waals surface area contributed by atoms with Crippen molar-refractivity contribution in [3.63, 3.8) is 0 Å². The fourth-order valence-corrected chi connectivity index (χ4v) is 1.69. The summed E-state index contributed by atoms with van der Waals surface area (Å²) in [5.74, 6) is -0.143. The highest BCUT2D eigenvalue weighted by molar-refractivity contribution is 7.98. The van der Waals surface area contributed by atoms with Crippen LogP contribution in [-0.2, 0) is 0 Å². The van der Waals surface area contributed by atoms with Crippen molar-refractivity contribution in [3.8, 4) is 5.75 Å². The number of carbonyl (C=O) groups is 1. The van der Waals surface area contributed by atoms with Gasteiger partial charge in [-0.3, -0.25) is 5.21 Å². The highest BCUT2D eigenvalue weighted by Crippen LogP contribution is 2.39. The quantitative estimate of drug-likeness (QED) is 0.486. The van der Waals surface area contributed by atoms with Crippen LogP contribution in [0, 0.1) is 0 Å². The molecule has 1 aromatic carbocycles. The zero-order valence-electron chi connectivity index (χ0n) is 6.34. The van der Waals surface area contributed by atoms with Crippen LogP contribution in [0.2, 0.25) is 0 Å². The molecule has 1 aromatic rings. The first kappa shape index (κ1) is 8.21. The molecule has 0 aliphatic carbocycles. The Morgan fingerprint density at radius 2 is 2.23 bits per heavy atom. The number of hydroxylamine groups is 1. The van der Waals surface area contributed by atoms with Crippen molar-refractivity contribution < 1.29 is 15.1 Å². The van der Waals surface area contributed by atoms with E-state index in [0.717, 1.165) is 11.9 Å². The van der Waals surface area contributed by atoms with E-state index in [1.807, 2.05) is 0 Å². The lowest BCUT2D eigenvalue weighted by atomic mass is 10.3. The number of amides is 2. The van der Waals surface area contributed by atoms with Crippen molar-refractivity contribution in [1.29, 1.82) is 0 Å². The van der Waals surface area contributed by atoms with Crippen molar-refractivity contribution in [1.82, 2.24) is 4.72 Å². The molecule has 1 aliphatic rings. The summed E-state index contributed by atoms with van der Waals surface area (Å²) in [6, 6.07) is 3.86. The Hall–Kier alpha value is -1.40. The number of nitrogens with zero attached hydrogens (tertiary/aromatic N) is 2. The van der Waals surface area contributed by atoms with Crippen molar-refractivity contribution in [2.24, 2.45) is 0 Å². The Morgan fingerprint density at radius 3 is 3.00 bits per heavy atom. The van der Waals surface area contributed by atoms with Crippen LogP contribution in [0.4, 0.5) is 10.5 Å². The van der Waals surface area contributed by atoms with Crippen molar-refractivity contribution >= 4 is 23.7 Å². The van der Waals surface area contributed by atoms with Crippen LogP contribution in [0.15, 0.2) is 23.1 Å². The molecule has 2 rings (SSSR count). The number of carbonyl (C=O) groups excluding carboxylic acids is 1. The van der Waals surface area contributed by atoms with Gasteiger partial charge in [0.25, 0.3) is 0 Å². The Balaban J connectivity index is 2.57. The zero-order chi connectivity index (χ0) is 9.42. The fraction of sp³-hybridized carbons (Fsp3) is 0. The Labute approximate surface area is 78.1 Å². The molecule has 1 radical (unpaired) electrons. The first-order valence-corrected chi connectivity index (χ1v) is 4.20. The molecule has 6 heteroatoms. The second kappa shape index (κ2) is 2.82. The topological polar surface area (TPSA) is 74.9 Å². The number of phenolic OH excluding ortho intramolecular Hbond substituents is 1. The lowest BCUT2D eigenvalue weighted by molar-refractivity contribution is 0.206. The minimum Gasteiger partial charge on any atom is -0.506 e. The number of benzene rings is 1. The Morgan fingerprint density at radius 1 is 1.46 bits per heavy atom. The molecule has 1 aliphatic heterocycles. The standard InChI is InChI=1S/C7H5N2O3S/c10-4-2-1-3-5-6(4)9(12)7(11)8-13-5/h1-3,10,12H. The largest absolute Gasteiger partial charge is 0.506 e. The number of aromatic hydroxyl groups is 1. The monoisotopic (exact) mass is 197 g/mol. The summed E-state index contributed by atoms with van der Waals surface area (Å²) in [5, 5.41) is 18.9. The molecule has 0 aromatic heterocycles. The van der Waals surface area contributed by atoms with E-state index in [2.05, 4.69) is 4.72 Å². The molecule has 1 heterocycles. The normalized spacial score (nSPS) is 15.2. The fourth-order valence-electron chi connectivity index (χ4n) is 1.02. The summed E-state index contributed by atoms with van der Waals surface area (Å²) in [6.07, 6.45) is 0. The average molecular weight is 197 g/mol. The van der Waals surface area contributed by atoms with E-state index >= 15 is 0 Å². The third kappa shape index (κ3) is 1.20. The van der Waals surface area contributed by atoms with Gasteiger partial charge in [-0.1, -0.05) is 6.07 Å². The van der Waals surface area contributed by atoms with E-state index in [1.54, 1.807) is 12.1 Å². The highest BCUT2D eigenvalue weighted by atomic mass is 32.2. The van der Waals surface area contributed by atoms with Crippen LogP contribution < -0.4 is 9.79 Å². The molecule has 0 bridgehead atoms. The van der Waals surface area contributed by atoms with Gasteiger partial charge in [-0.25, -0.2) is 4.79 Å². The van der Waals surface area contributed by atoms with Crippen LogP contribution in [0.1, 0.15) is 0 Å². The number of para-hydroxylation sites is 1. The maximum Gasteiger partial charge on any atom is 0.379 e. The van der Waals surface area contributed by atoms with E-state index in [1.165, 1.54) is 6.07 Å². The second-order valence-corrected chi connectivity index (χ2v) is 3.21. The molecule has 0 unspecified atom stereocenters. The number of phenols is 1. The van der Waals surface area contributed by atoms with Gasteiger partial charge in [0.15, 0.2) is 0 Å². The van der Waals surface area contributed by atoms with Crippen LogP contribution in [0.5, 0.6) is 5.75 Å². The summed E-state index contributed by atoms with van der Waals surface area (Å²) in [4.78, 5) is 11.4. The summed E-state index contributed by atoms with van der Waals surface area (Å²) >= 11 is 0.929. The smallest absolute Gasteiger partial charge is 0.379 e. The molecular formula is C7H5N2O3S. The zero-order valence-corrected chi connectivity index (χ0v) is 7.15. The first-order chi connectivity index (χ1) is 6.20. The summed E-state index contributed by atoms with van der Waals surface area (Å²) in [5.41, 5.74) is 0.0903. The number of rotatable bonds is 0. The van der Waals surface area contributed by atoms with Crippen molar-refractivity contribution in [2.45, 2.75) is 4.90 Å². The van der Waals surface area contributed by atoms with Gasteiger partial charge < -0.3 is 5.11 Å². The first-order valence-electron chi connectivity index (χ1n) is 3.43. The maximum absolute atomic E-state index is 10.9. The number of urea groups is 1. The van der Waals surface area contributed by atoms with E-state index in [0.29, 0.717) is 9.96 Å². The van der Waals surface area contributed by atoms with Gasteiger partial charge in [0.1, 0.15) is 11.4 Å². The van der Waals surface area contributed by atoms with E-state index < -0.39 is 6.03 Å². The molecule has 5 nitrogen and oxygen atoms in total. The predicted octanol–water partition coefficient (Wildman–Crippen LogP) is 1.33. The SMILES string of the molecule is O=C1[N]Sc2cccc(O)c2N1O. The molecule has 0 spiro atoms. The van der Waals surface area contributed by atoms with Crippen LogP contribution >= 0.6 is 11.9 Å². The lowest BCUT2D eigenvalue weighted by Crippen LogP contribution is -2.33. The minimum absolute atomic E-state index is 0.0903. The van der Waals surface area contributed by atoms with Gasteiger partial charge in [0, 0.05) is 11.9 Å². The van der Waals surface area contributed by atoms with E-state index in [9.17, 15) is 15.1 Å². The summed E-state index contributed by atoms with van der Waals surface area (Å²) in [6.45, 7) is 0. The van der Waals surface area contributed by atoms with Crippen LogP contribution in [0.3, 0.4) is 0 Å². The Bertz CT molecular complexity index is 369. The molecule has 0 saturated carbocycles. The lowest BCUT2D eigenvalue weighted by Gasteiger charge is -2.21. The molecule has 0 atom stereocenters. The molecule has 2 N–H and O–H groups in total. The van der Waals surface area contributed by atoms with E-state index in [-0.39, 0.29) is 11.4 Å². The summed E-state index contributed by atoms with van der Waals surface area (Å²) < 4.78 is 3.44. The van der Waals surface area contributed by atoms with Crippen molar-refractivity contribution in [3.05, 3.63) is 18.2 Å². The number of hydrogen-bond donors (Lipinski definition) is 2. The Kier molecular flexibility index (Phi) is 1.78. The number of fused-ring (bicyclic) bond motifs is 1. The van der Waals surface area contributed by atoms with Gasteiger partial charge in [-0.15, -0.1) is 0 Å². The molecule has 0 saturated heterocycles. The predicted molar refractivity (Wildman–Crippen MR) is 45.8 cm³/mol. The third-order valence-corrected chi connectivity index (χ3v) is 2.37. The number of anilines is 1. The molecule has 2 amide bonds. The minimum atomic E-state index is -0.793. The molecule has 0 fully saturated rings. The highest BCUT2D eigenvalue weighted by Gasteiger charge is 2.27. The third-order valence-electron chi connectivity index (χ3n) is 1.59. The average Bonchev–Trinajstić information content (AvgIpc) is 2.12. The van der Waals surface area contributed by atoms with E-state index in [4.69, 9.17) is 0 Å². The summed E-state index contributed by atoms with van der Waals surface area (Å²) in [7, 11) is 0. The maximum atomic E-state index is 10.9. The molecule has 13 heavy (non-hydrogen) atoms. The number of hydrogen-bond acceptors (Lipinski definition) is 4. The molecular weight excluding hydrogens is 192 g/mol. The van der Waals surface area contributed by atoms with Gasteiger partial charge in [-0.05, 0) is 12.1 Å². The van der Waals surface area contributed by atoms with Crippen LogP contribution in [0.25, 0.3) is 0 Å². The van der Waals surface area contributed by atoms with Gasteiger partial charge in [-0.2, -0.15) is 9.79 Å². The second-order valence-electron chi connectivity index (χ2n) is 2.40. The van der Waals surface area contributed by atoms with Crippen molar-refractivity contribution in [2.75, 3.05) is 5.06 Å². The van der Waals surface area contributed by atoms with Crippen LogP contribution in [-0.4, -0.2) is 16.3 Å². The molecule has 67 valence electrons. The van der Waals surface area contributed by atoms with Gasteiger partial charge >= 0.3 is 6.03 Å². The van der Waals surface area contributed by atoms with Gasteiger partial charge in [0.05, 0.1) is 4.90 Å².